The fourth-order valence-corrected chi connectivity index (χ4v) is 3.67. The number of ketones is 1. The first-order valence-corrected chi connectivity index (χ1v) is 8.06. The van der Waals surface area contributed by atoms with Gasteiger partial charge in [-0.2, -0.15) is 0 Å². The summed E-state index contributed by atoms with van der Waals surface area (Å²) in [5.41, 5.74) is 1.23. The van der Waals surface area contributed by atoms with Crippen molar-refractivity contribution in [3.63, 3.8) is 0 Å². The van der Waals surface area contributed by atoms with E-state index in [1.54, 1.807) is 0 Å². The largest absolute Gasteiger partial charge is 0.493 e. The first-order chi connectivity index (χ1) is 9.83. The third kappa shape index (κ3) is 3.23. The van der Waals surface area contributed by atoms with Crippen LogP contribution in [0.5, 0.6) is 5.75 Å². The van der Waals surface area contributed by atoms with Crippen molar-refractivity contribution < 1.29 is 9.53 Å². The fourth-order valence-electron chi connectivity index (χ4n) is 3.67. The van der Waals surface area contributed by atoms with Crippen molar-refractivity contribution in [1.82, 2.24) is 0 Å². The summed E-state index contributed by atoms with van der Waals surface area (Å²) in [5, 5.41) is 0. The van der Waals surface area contributed by atoms with Gasteiger partial charge in [0.15, 0.2) is 0 Å². The standard InChI is InChI=1S/C18H24O2/c19-16(10-9-14-5-1-2-6-14)13-15-11-12-20-18-8-4-3-7-17(15)18/h3-4,7-8,14-15H,1-2,5-6,9-13H2. The molecule has 0 spiro atoms. The number of para-hydroxylation sites is 1. The van der Waals surface area contributed by atoms with E-state index in [0.29, 0.717) is 18.1 Å². The molecule has 1 aliphatic carbocycles. The van der Waals surface area contributed by atoms with Gasteiger partial charge in [-0.15, -0.1) is 0 Å². The predicted octanol–water partition coefficient (Wildman–Crippen LogP) is 4.48. The molecule has 0 bridgehead atoms. The third-order valence-electron chi connectivity index (χ3n) is 4.86. The van der Waals surface area contributed by atoms with Crippen LogP contribution in [0.4, 0.5) is 0 Å². The molecule has 0 amide bonds. The molecule has 2 heteroatoms. The van der Waals surface area contributed by atoms with Crippen molar-refractivity contribution in [2.75, 3.05) is 6.61 Å². The van der Waals surface area contributed by atoms with Gasteiger partial charge in [-0.25, -0.2) is 0 Å². The quantitative estimate of drug-likeness (QED) is 0.789. The molecule has 0 aromatic heterocycles. The van der Waals surface area contributed by atoms with Crippen molar-refractivity contribution in [2.45, 2.75) is 57.3 Å². The van der Waals surface area contributed by atoms with Gasteiger partial charge in [-0.3, -0.25) is 4.79 Å². The second-order valence-corrected chi connectivity index (χ2v) is 6.30. The smallest absolute Gasteiger partial charge is 0.133 e. The molecule has 1 aromatic rings. The fraction of sp³-hybridized carbons (Fsp3) is 0.611. The number of benzene rings is 1. The minimum atomic E-state index is 0.371. The molecule has 1 saturated carbocycles. The Morgan fingerprint density at radius 2 is 1.95 bits per heavy atom. The number of hydrogen-bond acceptors (Lipinski definition) is 2. The average Bonchev–Trinajstić information content (AvgIpc) is 2.99. The van der Waals surface area contributed by atoms with Crippen molar-refractivity contribution in [3.05, 3.63) is 29.8 Å². The first kappa shape index (κ1) is 13.7. The molecule has 108 valence electrons. The molecular weight excluding hydrogens is 248 g/mol. The summed E-state index contributed by atoms with van der Waals surface area (Å²) in [5.74, 6) is 2.61. The lowest BCUT2D eigenvalue weighted by molar-refractivity contribution is -0.119. The Labute approximate surface area is 121 Å². The number of rotatable bonds is 5. The minimum Gasteiger partial charge on any atom is -0.493 e. The van der Waals surface area contributed by atoms with E-state index in [2.05, 4.69) is 6.07 Å². The molecule has 0 radical (unpaired) electrons. The molecule has 1 atom stereocenters. The van der Waals surface area contributed by atoms with Gasteiger partial charge in [0, 0.05) is 12.8 Å². The SMILES string of the molecule is O=C(CCC1CCCC1)CC1CCOc2ccccc21. The molecule has 1 aliphatic heterocycles. The van der Waals surface area contributed by atoms with Gasteiger partial charge in [0.1, 0.15) is 11.5 Å². The maximum Gasteiger partial charge on any atom is 0.133 e. The molecule has 0 saturated heterocycles. The topological polar surface area (TPSA) is 26.3 Å². The number of carbonyl (C=O) groups excluding carboxylic acids is 1. The molecule has 3 rings (SSSR count). The van der Waals surface area contributed by atoms with Crippen LogP contribution in [-0.4, -0.2) is 12.4 Å². The van der Waals surface area contributed by atoms with Gasteiger partial charge >= 0.3 is 0 Å². The van der Waals surface area contributed by atoms with E-state index in [-0.39, 0.29) is 0 Å². The number of carbonyl (C=O) groups is 1. The molecule has 0 N–H and O–H groups in total. The zero-order chi connectivity index (χ0) is 13.8. The van der Waals surface area contributed by atoms with E-state index in [1.165, 1.54) is 31.2 Å². The Balaban J connectivity index is 1.54. The Kier molecular flexibility index (Phi) is 4.39. The van der Waals surface area contributed by atoms with Crippen molar-refractivity contribution in [2.24, 2.45) is 5.92 Å². The second-order valence-electron chi connectivity index (χ2n) is 6.30. The lowest BCUT2D eigenvalue weighted by Crippen LogP contribution is -2.17. The van der Waals surface area contributed by atoms with Crippen LogP contribution in [0, 0.1) is 5.92 Å². The van der Waals surface area contributed by atoms with Crippen LogP contribution in [0.3, 0.4) is 0 Å². The predicted molar refractivity (Wildman–Crippen MR) is 80.1 cm³/mol. The number of ether oxygens (including phenoxy) is 1. The Bertz CT molecular complexity index is 460. The Morgan fingerprint density at radius 3 is 2.80 bits per heavy atom. The van der Waals surface area contributed by atoms with Gasteiger partial charge in [0.2, 0.25) is 0 Å². The average molecular weight is 272 g/mol. The van der Waals surface area contributed by atoms with Crippen LogP contribution in [0.15, 0.2) is 24.3 Å². The summed E-state index contributed by atoms with van der Waals surface area (Å²) in [6, 6.07) is 8.18. The monoisotopic (exact) mass is 272 g/mol. The van der Waals surface area contributed by atoms with E-state index in [4.69, 9.17) is 4.74 Å². The number of hydrogen-bond donors (Lipinski definition) is 0. The van der Waals surface area contributed by atoms with E-state index in [0.717, 1.165) is 37.5 Å². The van der Waals surface area contributed by atoms with Crippen LogP contribution in [-0.2, 0) is 4.79 Å². The van der Waals surface area contributed by atoms with Crippen LogP contribution in [0.2, 0.25) is 0 Å². The number of Topliss-reactive ketones (excluding diaryl/α,β-unsaturated/α-hetero) is 1. The van der Waals surface area contributed by atoms with Crippen LogP contribution in [0.25, 0.3) is 0 Å². The zero-order valence-corrected chi connectivity index (χ0v) is 12.1. The lowest BCUT2D eigenvalue weighted by atomic mass is 9.87. The zero-order valence-electron chi connectivity index (χ0n) is 12.1. The second kappa shape index (κ2) is 6.43. The molecular formula is C18H24O2. The minimum absolute atomic E-state index is 0.371. The molecule has 1 aromatic carbocycles. The van der Waals surface area contributed by atoms with Gasteiger partial charge in [-0.1, -0.05) is 43.9 Å². The molecule has 2 aliphatic rings. The Morgan fingerprint density at radius 1 is 1.15 bits per heavy atom. The van der Waals surface area contributed by atoms with Gasteiger partial charge in [0.25, 0.3) is 0 Å². The highest BCUT2D eigenvalue weighted by atomic mass is 16.5. The highest BCUT2D eigenvalue weighted by Crippen LogP contribution is 2.36. The summed E-state index contributed by atoms with van der Waals surface area (Å²) in [7, 11) is 0. The number of fused-ring (bicyclic) bond motifs is 1. The highest BCUT2D eigenvalue weighted by Gasteiger charge is 2.24. The summed E-state index contributed by atoms with van der Waals surface area (Å²) in [4.78, 5) is 12.2. The first-order valence-electron chi connectivity index (χ1n) is 8.06. The van der Waals surface area contributed by atoms with Gasteiger partial charge in [-0.05, 0) is 36.3 Å². The third-order valence-corrected chi connectivity index (χ3v) is 4.86. The normalized spacial score (nSPS) is 22.3. The maximum atomic E-state index is 12.2. The van der Waals surface area contributed by atoms with Crippen LogP contribution in [0.1, 0.15) is 62.8 Å². The summed E-state index contributed by atoms with van der Waals surface area (Å²) in [6.07, 6.45) is 8.99. The van der Waals surface area contributed by atoms with E-state index in [9.17, 15) is 4.79 Å². The van der Waals surface area contributed by atoms with Crippen molar-refractivity contribution in [1.29, 1.82) is 0 Å². The van der Waals surface area contributed by atoms with E-state index in [1.807, 2.05) is 18.2 Å². The van der Waals surface area contributed by atoms with Crippen LogP contribution < -0.4 is 4.74 Å². The lowest BCUT2D eigenvalue weighted by Gasteiger charge is -2.25. The maximum absolute atomic E-state index is 12.2. The van der Waals surface area contributed by atoms with Crippen molar-refractivity contribution in [3.8, 4) is 5.75 Å². The van der Waals surface area contributed by atoms with Gasteiger partial charge < -0.3 is 4.74 Å². The van der Waals surface area contributed by atoms with Crippen LogP contribution >= 0.6 is 0 Å². The Hall–Kier alpha value is -1.31. The van der Waals surface area contributed by atoms with E-state index >= 15 is 0 Å². The molecule has 1 fully saturated rings. The molecule has 1 heterocycles. The summed E-state index contributed by atoms with van der Waals surface area (Å²) >= 11 is 0. The molecule has 1 unspecified atom stereocenters. The van der Waals surface area contributed by atoms with Crippen molar-refractivity contribution >= 4 is 5.78 Å². The highest BCUT2D eigenvalue weighted by molar-refractivity contribution is 5.79. The van der Waals surface area contributed by atoms with Gasteiger partial charge in [0.05, 0.1) is 6.61 Å². The summed E-state index contributed by atoms with van der Waals surface area (Å²) < 4.78 is 5.67. The van der Waals surface area contributed by atoms with E-state index < -0.39 is 0 Å². The molecule has 20 heavy (non-hydrogen) atoms. The summed E-state index contributed by atoms with van der Waals surface area (Å²) in [6.45, 7) is 0.748. The molecule has 2 nitrogen and oxygen atoms in total.